The molecule has 1 aliphatic rings. The number of nitrogens with one attached hydrogen (secondary N) is 1. The summed E-state index contributed by atoms with van der Waals surface area (Å²) >= 11 is 0. The number of hydrogen-bond donors (Lipinski definition) is 1. The normalized spacial score (nSPS) is 12.9. The van der Waals surface area contributed by atoms with E-state index in [0.29, 0.717) is 5.84 Å². The third kappa shape index (κ3) is 3.97. The average Bonchev–Trinajstić information content (AvgIpc) is 3.05. The predicted molar refractivity (Wildman–Crippen MR) is 130 cm³/mol. The van der Waals surface area contributed by atoms with Gasteiger partial charge in [0.15, 0.2) is 5.84 Å². The molecule has 1 aromatic heterocycles. The minimum Gasteiger partial charge on any atom is -0.494 e. The number of amidine groups is 1. The highest BCUT2D eigenvalue weighted by atomic mass is 16.5. The first-order chi connectivity index (χ1) is 15.8. The van der Waals surface area contributed by atoms with Gasteiger partial charge in [0.05, 0.1) is 12.3 Å². The van der Waals surface area contributed by atoms with E-state index in [1.165, 1.54) is 0 Å². The van der Waals surface area contributed by atoms with Crippen molar-refractivity contribution in [2.75, 3.05) is 6.61 Å². The van der Waals surface area contributed by atoms with E-state index in [2.05, 4.69) is 53.7 Å². The van der Waals surface area contributed by atoms with Crippen LogP contribution in [0.3, 0.4) is 0 Å². The largest absolute Gasteiger partial charge is 0.494 e. The zero-order chi connectivity index (χ0) is 21.8. The number of hydrazone groups is 1. The number of benzene rings is 3. The molecular weight excluding hydrogens is 396 g/mol. The van der Waals surface area contributed by atoms with E-state index in [0.717, 1.165) is 64.1 Å². The number of rotatable bonds is 6. The molecule has 0 amide bonds. The minimum absolute atomic E-state index is 0.672. The number of pyridine rings is 1. The van der Waals surface area contributed by atoms with E-state index in [9.17, 15) is 0 Å². The quantitative estimate of drug-likeness (QED) is 0.398. The second kappa shape index (κ2) is 9.02. The molecule has 0 aliphatic carbocycles. The van der Waals surface area contributed by atoms with Gasteiger partial charge in [0.25, 0.3) is 0 Å². The lowest BCUT2D eigenvalue weighted by Crippen LogP contribution is -2.19. The van der Waals surface area contributed by atoms with Gasteiger partial charge in [0.2, 0.25) is 0 Å². The van der Waals surface area contributed by atoms with Gasteiger partial charge in [0, 0.05) is 34.5 Å². The molecule has 0 spiro atoms. The Kier molecular flexibility index (Phi) is 5.62. The molecule has 0 bridgehead atoms. The standard InChI is InChI=1S/C27H24N4O/c1-2-3-17-32-22-13-10-20(11-14-22)25-24-15-12-19-7-4-5-9-23(19)26(24)29-27(31-30-25)21-8-6-16-28-18-21/h4-16,18H,2-3,17H2,1H3,(H,29,31). The van der Waals surface area contributed by atoms with Gasteiger partial charge >= 0.3 is 0 Å². The van der Waals surface area contributed by atoms with Crippen LogP contribution in [0.4, 0.5) is 5.69 Å². The van der Waals surface area contributed by atoms with Gasteiger partial charge in [0.1, 0.15) is 11.5 Å². The second-order valence-electron chi connectivity index (χ2n) is 7.68. The zero-order valence-corrected chi connectivity index (χ0v) is 18.0. The summed E-state index contributed by atoms with van der Waals surface area (Å²) in [6.45, 7) is 2.89. The van der Waals surface area contributed by atoms with Gasteiger partial charge in [-0.2, -0.15) is 5.10 Å². The van der Waals surface area contributed by atoms with Crippen LogP contribution < -0.4 is 10.2 Å². The molecule has 0 atom stereocenters. The molecule has 1 aliphatic heterocycles. The first kappa shape index (κ1) is 19.9. The zero-order valence-electron chi connectivity index (χ0n) is 18.0. The van der Waals surface area contributed by atoms with Crippen molar-refractivity contribution in [3.05, 3.63) is 102 Å². The Hall–Kier alpha value is -3.99. The van der Waals surface area contributed by atoms with E-state index >= 15 is 0 Å². The topological polar surface area (TPSA) is 58.9 Å². The molecule has 4 aromatic rings. The molecule has 3 aromatic carbocycles. The van der Waals surface area contributed by atoms with Crippen LogP contribution in [0.2, 0.25) is 0 Å². The van der Waals surface area contributed by atoms with E-state index in [-0.39, 0.29) is 0 Å². The Morgan fingerprint density at radius 2 is 1.75 bits per heavy atom. The lowest BCUT2D eigenvalue weighted by Gasteiger charge is -2.11. The Labute approximate surface area is 187 Å². The highest BCUT2D eigenvalue weighted by molar-refractivity contribution is 6.21. The van der Waals surface area contributed by atoms with Crippen molar-refractivity contribution in [3.63, 3.8) is 0 Å². The summed E-state index contributed by atoms with van der Waals surface area (Å²) in [6, 6.07) is 24.5. The average molecular weight is 421 g/mol. The fraction of sp³-hybridized carbons (Fsp3) is 0.148. The maximum absolute atomic E-state index is 5.83. The molecule has 158 valence electrons. The fourth-order valence-electron chi connectivity index (χ4n) is 3.77. The lowest BCUT2D eigenvalue weighted by atomic mass is 9.97. The van der Waals surface area contributed by atoms with Crippen LogP contribution in [0.1, 0.15) is 36.5 Å². The highest BCUT2D eigenvalue weighted by Crippen LogP contribution is 2.34. The number of fused-ring (bicyclic) bond motifs is 3. The van der Waals surface area contributed by atoms with Crippen LogP contribution in [-0.4, -0.2) is 23.1 Å². The number of unbranched alkanes of at least 4 members (excludes halogenated alkanes) is 1. The van der Waals surface area contributed by atoms with Crippen molar-refractivity contribution in [3.8, 4) is 5.75 Å². The van der Waals surface area contributed by atoms with Crippen molar-refractivity contribution >= 4 is 28.0 Å². The Morgan fingerprint density at radius 1 is 0.875 bits per heavy atom. The molecule has 5 nitrogen and oxygen atoms in total. The SMILES string of the molecule is CCCCOc1ccc(C2=NNC(c3cccnc3)=Nc3c2ccc2ccccc32)cc1. The molecule has 0 radical (unpaired) electrons. The number of aromatic nitrogens is 1. The van der Waals surface area contributed by atoms with Crippen LogP contribution >= 0.6 is 0 Å². The smallest absolute Gasteiger partial charge is 0.155 e. The van der Waals surface area contributed by atoms with Crippen LogP contribution in [-0.2, 0) is 0 Å². The third-order valence-electron chi connectivity index (χ3n) is 5.48. The third-order valence-corrected chi connectivity index (χ3v) is 5.48. The van der Waals surface area contributed by atoms with Gasteiger partial charge in [-0.15, -0.1) is 0 Å². The Balaban J connectivity index is 1.60. The summed E-state index contributed by atoms with van der Waals surface area (Å²) in [4.78, 5) is 9.25. The first-order valence-electron chi connectivity index (χ1n) is 10.9. The van der Waals surface area contributed by atoms with Crippen LogP contribution in [0, 0.1) is 0 Å². The molecule has 5 rings (SSSR count). The van der Waals surface area contributed by atoms with Gasteiger partial charge in [-0.3, -0.25) is 10.4 Å². The Morgan fingerprint density at radius 3 is 2.56 bits per heavy atom. The number of aliphatic imine (C=N–C) groups is 1. The molecule has 0 unspecified atom stereocenters. The molecule has 0 fully saturated rings. The molecule has 2 heterocycles. The summed E-state index contributed by atoms with van der Waals surface area (Å²) in [5.41, 5.74) is 7.79. The fourth-order valence-corrected chi connectivity index (χ4v) is 3.77. The minimum atomic E-state index is 0.672. The molecule has 0 saturated heterocycles. The van der Waals surface area contributed by atoms with Gasteiger partial charge in [-0.25, -0.2) is 4.99 Å². The molecule has 32 heavy (non-hydrogen) atoms. The second-order valence-corrected chi connectivity index (χ2v) is 7.68. The number of nitrogens with zero attached hydrogens (tertiary/aromatic N) is 3. The van der Waals surface area contributed by atoms with Gasteiger partial charge in [-0.05, 0) is 54.3 Å². The van der Waals surface area contributed by atoms with E-state index in [1.54, 1.807) is 12.4 Å². The monoisotopic (exact) mass is 420 g/mol. The maximum atomic E-state index is 5.83. The van der Waals surface area contributed by atoms with Crippen molar-refractivity contribution in [1.29, 1.82) is 0 Å². The van der Waals surface area contributed by atoms with Gasteiger partial charge in [-0.1, -0.05) is 43.7 Å². The molecule has 1 N–H and O–H groups in total. The summed E-state index contributed by atoms with van der Waals surface area (Å²) in [5, 5.41) is 7.00. The maximum Gasteiger partial charge on any atom is 0.155 e. The van der Waals surface area contributed by atoms with Crippen LogP contribution in [0.15, 0.2) is 95.3 Å². The van der Waals surface area contributed by atoms with Crippen LogP contribution in [0.5, 0.6) is 5.75 Å². The van der Waals surface area contributed by atoms with Crippen molar-refractivity contribution in [2.24, 2.45) is 10.1 Å². The molecule has 5 heteroatoms. The lowest BCUT2D eigenvalue weighted by molar-refractivity contribution is 0.309. The molecular formula is C27H24N4O. The predicted octanol–water partition coefficient (Wildman–Crippen LogP) is 5.85. The van der Waals surface area contributed by atoms with Crippen molar-refractivity contribution in [1.82, 2.24) is 10.4 Å². The number of hydrogen-bond acceptors (Lipinski definition) is 5. The van der Waals surface area contributed by atoms with E-state index < -0.39 is 0 Å². The van der Waals surface area contributed by atoms with Gasteiger partial charge < -0.3 is 4.74 Å². The van der Waals surface area contributed by atoms with E-state index in [4.69, 9.17) is 14.8 Å². The molecule has 0 saturated carbocycles. The summed E-state index contributed by atoms with van der Waals surface area (Å²) in [6.07, 6.45) is 5.71. The summed E-state index contributed by atoms with van der Waals surface area (Å²) in [7, 11) is 0. The highest BCUT2D eigenvalue weighted by Gasteiger charge is 2.19. The van der Waals surface area contributed by atoms with E-state index in [1.807, 2.05) is 36.4 Å². The Bertz CT molecular complexity index is 1290. The first-order valence-corrected chi connectivity index (χ1v) is 10.9. The summed E-state index contributed by atoms with van der Waals surface area (Å²) < 4.78 is 5.83. The van der Waals surface area contributed by atoms with Crippen molar-refractivity contribution < 1.29 is 4.74 Å². The van der Waals surface area contributed by atoms with Crippen LogP contribution in [0.25, 0.3) is 10.8 Å². The van der Waals surface area contributed by atoms with Crippen molar-refractivity contribution in [2.45, 2.75) is 19.8 Å². The number of ether oxygens (including phenoxy) is 1. The summed E-state index contributed by atoms with van der Waals surface area (Å²) in [5.74, 6) is 1.54.